The molecule has 0 saturated heterocycles. The Kier molecular flexibility index (Phi) is 4.20. The number of carboxylic acids is 1. The first-order valence-corrected chi connectivity index (χ1v) is 6.34. The fourth-order valence-corrected chi connectivity index (χ4v) is 1.94. The van der Waals surface area contributed by atoms with E-state index < -0.39 is 5.97 Å². The van der Waals surface area contributed by atoms with Crippen LogP contribution in [0.5, 0.6) is 0 Å². The van der Waals surface area contributed by atoms with Crippen molar-refractivity contribution in [3.05, 3.63) is 53.2 Å². The summed E-state index contributed by atoms with van der Waals surface area (Å²) in [6, 6.07) is 9.69. The maximum Gasteiger partial charge on any atom is 0.337 e. The van der Waals surface area contributed by atoms with E-state index in [0.717, 1.165) is 6.42 Å². The van der Waals surface area contributed by atoms with Gasteiger partial charge in [-0.25, -0.2) is 9.78 Å². The van der Waals surface area contributed by atoms with E-state index in [1.807, 2.05) is 6.07 Å². The van der Waals surface area contributed by atoms with Gasteiger partial charge in [0.1, 0.15) is 5.82 Å². The number of aromatic carboxylic acids is 1. The fraction of sp³-hybridized carbons (Fsp3) is 0.200. The van der Waals surface area contributed by atoms with E-state index in [0.29, 0.717) is 18.1 Å². The Balaban J connectivity index is 1.96. The van der Waals surface area contributed by atoms with Gasteiger partial charge in [-0.3, -0.25) is 0 Å². The van der Waals surface area contributed by atoms with Gasteiger partial charge in [0.15, 0.2) is 0 Å². The number of hydrogen-bond donors (Lipinski definition) is 3. The van der Waals surface area contributed by atoms with Crippen LogP contribution in [-0.4, -0.2) is 22.6 Å². The van der Waals surface area contributed by atoms with E-state index in [1.54, 1.807) is 0 Å². The van der Waals surface area contributed by atoms with Crippen molar-refractivity contribution < 1.29 is 9.90 Å². The predicted molar refractivity (Wildman–Crippen MR) is 79.0 cm³/mol. The highest BCUT2D eigenvalue weighted by Crippen LogP contribution is 2.16. The molecule has 0 saturated carbocycles. The number of nitrogens with zero attached hydrogens (tertiary/aromatic N) is 1. The largest absolute Gasteiger partial charge is 0.478 e. The van der Waals surface area contributed by atoms with Gasteiger partial charge in [-0.05, 0) is 25.0 Å². The second-order valence-corrected chi connectivity index (χ2v) is 4.63. The third-order valence-electron chi connectivity index (χ3n) is 2.95. The highest BCUT2D eigenvalue weighted by atomic mass is 16.4. The third-order valence-corrected chi connectivity index (χ3v) is 2.95. The van der Waals surface area contributed by atoms with Crippen LogP contribution in [0.4, 0.5) is 11.5 Å². The van der Waals surface area contributed by atoms with Crippen LogP contribution >= 0.6 is 0 Å². The second-order valence-electron chi connectivity index (χ2n) is 4.63. The average molecular weight is 271 g/mol. The molecule has 1 aromatic heterocycles. The van der Waals surface area contributed by atoms with Crippen molar-refractivity contribution >= 4 is 17.5 Å². The summed E-state index contributed by atoms with van der Waals surface area (Å²) < 4.78 is 0. The lowest BCUT2D eigenvalue weighted by molar-refractivity contribution is 0.0696. The zero-order valence-corrected chi connectivity index (χ0v) is 11.3. The van der Waals surface area contributed by atoms with Gasteiger partial charge in [-0.15, -0.1) is 0 Å². The van der Waals surface area contributed by atoms with Gasteiger partial charge in [-0.2, -0.15) is 0 Å². The quantitative estimate of drug-likeness (QED) is 0.776. The summed E-state index contributed by atoms with van der Waals surface area (Å²) >= 11 is 0. The zero-order valence-electron chi connectivity index (χ0n) is 11.3. The molecule has 1 aromatic carbocycles. The van der Waals surface area contributed by atoms with Crippen LogP contribution in [0, 0.1) is 6.92 Å². The Morgan fingerprint density at radius 1 is 1.40 bits per heavy atom. The van der Waals surface area contributed by atoms with E-state index in [2.05, 4.69) is 35.4 Å². The summed E-state index contributed by atoms with van der Waals surface area (Å²) in [5, 5.41) is 12.0. The number of aromatic nitrogens is 1. The van der Waals surface area contributed by atoms with Crippen molar-refractivity contribution in [1.82, 2.24) is 4.98 Å². The van der Waals surface area contributed by atoms with Crippen LogP contribution in [-0.2, 0) is 6.42 Å². The predicted octanol–water partition coefficient (Wildman–Crippen LogP) is 2.33. The third kappa shape index (κ3) is 3.47. The molecule has 0 fully saturated rings. The van der Waals surface area contributed by atoms with E-state index in [-0.39, 0.29) is 5.56 Å². The number of carbonyl (C=O) groups is 1. The van der Waals surface area contributed by atoms with Gasteiger partial charge in [0.25, 0.3) is 0 Å². The summed E-state index contributed by atoms with van der Waals surface area (Å²) in [7, 11) is 0. The lowest BCUT2D eigenvalue weighted by Crippen LogP contribution is -2.10. The number of hydrogen-bond acceptors (Lipinski definition) is 4. The van der Waals surface area contributed by atoms with Crippen LogP contribution in [0.2, 0.25) is 0 Å². The molecule has 0 aliphatic heterocycles. The molecule has 0 unspecified atom stereocenters. The van der Waals surface area contributed by atoms with Gasteiger partial charge >= 0.3 is 5.97 Å². The van der Waals surface area contributed by atoms with Crippen molar-refractivity contribution in [2.75, 3.05) is 17.6 Å². The Morgan fingerprint density at radius 3 is 2.85 bits per heavy atom. The molecule has 0 radical (unpaired) electrons. The number of carboxylic acid groups (broad SMARTS) is 1. The minimum atomic E-state index is -1.03. The fourth-order valence-electron chi connectivity index (χ4n) is 1.94. The van der Waals surface area contributed by atoms with Crippen molar-refractivity contribution in [2.45, 2.75) is 13.3 Å². The minimum Gasteiger partial charge on any atom is -0.478 e. The Labute approximate surface area is 117 Å². The van der Waals surface area contributed by atoms with Gasteiger partial charge in [0.05, 0.1) is 11.3 Å². The van der Waals surface area contributed by atoms with E-state index in [4.69, 9.17) is 10.8 Å². The highest BCUT2D eigenvalue weighted by Gasteiger charge is 2.07. The van der Waals surface area contributed by atoms with E-state index in [1.165, 1.54) is 23.4 Å². The van der Waals surface area contributed by atoms with Crippen LogP contribution in [0.3, 0.4) is 0 Å². The summed E-state index contributed by atoms with van der Waals surface area (Å²) in [6.45, 7) is 2.74. The molecule has 20 heavy (non-hydrogen) atoms. The lowest BCUT2D eigenvalue weighted by atomic mass is 10.1. The molecular weight excluding hydrogens is 254 g/mol. The number of aryl methyl sites for hydroxylation is 1. The van der Waals surface area contributed by atoms with Gasteiger partial charge in [0.2, 0.25) is 0 Å². The normalized spacial score (nSPS) is 10.2. The Bertz CT molecular complexity index is 626. The maximum absolute atomic E-state index is 10.8. The minimum absolute atomic E-state index is 0.0896. The first-order valence-electron chi connectivity index (χ1n) is 6.34. The molecular formula is C15H17N3O2. The molecule has 0 atom stereocenters. The molecule has 0 aliphatic rings. The first kappa shape index (κ1) is 13.9. The van der Waals surface area contributed by atoms with E-state index >= 15 is 0 Å². The molecule has 0 bridgehead atoms. The first-order chi connectivity index (χ1) is 9.56. The Morgan fingerprint density at radius 2 is 2.20 bits per heavy atom. The standard InChI is InChI=1S/C15H17N3O2/c1-10-3-2-4-11(7-10)5-6-17-14-13(16)8-12(9-18-14)15(19)20/h2-4,7-9H,5-6,16H2,1H3,(H,17,18)(H,19,20). The monoisotopic (exact) mass is 271 g/mol. The molecule has 4 N–H and O–H groups in total. The SMILES string of the molecule is Cc1cccc(CCNc2ncc(C(=O)O)cc2N)c1. The molecule has 5 nitrogen and oxygen atoms in total. The summed E-state index contributed by atoms with van der Waals surface area (Å²) in [4.78, 5) is 14.8. The summed E-state index contributed by atoms with van der Waals surface area (Å²) in [5.74, 6) is -0.516. The van der Waals surface area contributed by atoms with Gasteiger partial charge in [0, 0.05) is 12.7 Å². The van der Waals surface area contributed by atoms with Crippen molar-refractivity contribution in [2.24, 2.45) is 0 Å². The maximum atomic E-state index is 10.8. The van der Waals surface area contributed by atoms with E-state index in [9.17, 15) is 4.79 Å². The van der Waals surface area contributed by atoms with Crippen LogP contribution in [0.1, 0.15) is 21.5 Å². The van der Waals surface area contributed by atoms with Crippen LogP contribution in [0.25, 0.3) is 0 Å². The van der Waals surface area contributed by atoms with Crippen LogP contribution < -0.4 is 11.1 Å². The van der Waals surface area contributed by atoms with Crippen LogP contribution in [0.15, 0.2) is 36.5 Å². The summed E-state index contributed by atoms with van der Waals surface area (Å²) in [5.41, 5.74) is 8.67. The molecule has 104 valence electrons. The van der Waals surface area contributed by atoms with Crippen molar-refractivity contribution in [3.8, 4) is 0 Å². The van der Waals surface area contributed by atoms with Gasteiger partial charge < -0.3 is 16.2 Å². The number of rotatable bonds is 5. The molecule has 0 amide bonds. The molecule has 2 rings (SSSR count). The average Bonchev–Trinajstić information content (AvgIpc) is 2.40. The smallest absolute Gasteiger partial charge is 0.337 e. The highest BCUT2D eigenvalue weighted by molar-refractivity contribution is 5.89. The number of anilines is 2. The number of nitrogens with one attached hydrogen (secondary N) is 1. The number of nitrogen functional groups attached to an aromatic ring is 1. The summed E-state index contributed by atoms with van der Waals surface area (Å²) in [6.07, 6.45) is 2.15. The number of pyridine rings is 1. The molecule has 1 heterocycles. The topological polar surface area (TPSA) is 88.2 Å². The number of nitrogens with two attached hydrogens (primary N) is 1. The lowest BCUT2D eigenvalue weighted by Gasteiger charge is -2.09. The van der Waals surface area contributed by atoms with Crippen molar-refractivity contribution in [3.63, 3.8) is 0 Å². The van der Waals surface area contributed by atoms with Gasteiger partial charge in [-0.1, -0.05) is 29.8 Å². The second kappa shape index (κ2) is 6.06. The Hall–Kier alpha value is -2.56. The molecule has 0 spiro atoms. The number of benzene rings is 1. The zero-order chi connectivity index (χ0) is 14.5. The molecule has 0 aliphatic carbocycles. The molecule has 2 aromatic rings. The molecule has 5 heteroatoms. The van der Waals surface area contributed by atoms with Crippen molar-refractivity contribution in [1.29, 1.82) is 0 Å².